The summed E-state index contributed by atoms with van der Waals surface area (Å²) in [4.78, 5) is 12.3. The van der Waals surface area contributed by atoms with Crippen LogP contribution in [0.4, 0.5) is 5.69 Å². The molecular formula is C10H12BrNO2. The van der Waals surface area contributed by atoms with Gasteiger partial charge in [-0.1, -0.05) is 15.9 Å². The molecule has 1 rings (SSSR count). The van der Waals surface area contributed by atoms with E-state index < -0.39 is 5.97 Å². The molecule has 0 amide bonds. The molecule has 0 unspecified atom stereocenters. The summed E-state index contributed by atoms with van der Waals surface area (Å²) < 4.78 is 1.02. The van der Waals surface area contributed by atoms with Crippen molar-refractivity contribution >= 4 is 27.6 Å². The molecule has 1 aromatic carbocycles. The van der Waals surface area contributed by atoms with Crippen LogP contribution in [0.2, 0.25) is 0 Å². The zero-order valence-electron chi connectivity index (χ0n) is 7.90. The number of carboxylic acid groups (broad SMARTS) is 1. The molecule has 0 aliphatic rings. The average molecular weight is 258 g/mol. The van der Waals surface area contributed by atoms with Gasteiger partial charge in [0.25, 0.3) is 0 Å². The van der Waals surface area contributed by atoms with Gasteiger partial charge in [0.05, 0.1) is 6.42 Å². The summed E-state index contributed by atoms with van der Waals surface area (Å²) in [6.45, 7) is 0.525. The first kappa shape index (κ1) is 11.0. The van der Waals surface area contributed by atoms with Crippen molar-refractivity contribution in [1.29, 1.82) is 0 Å². The molecule has 1 N–H and O–H groups in total. The van der Waals surface area contributed by atoms with Gasteiger partial charge >= 0.3 is 5.97 Å². The molecule has 0 saturated heterocycles. The van der Waals surface area contributed by atoms with Crippen LogP contribution in [0.1, 0.15) is 6.42 Å². The first-order valence-electron chi connectivity index (χ1n) is 4.28. The highest BCUT2D eigenvalue weighted by atomic mass is 79.9. The summed E-state index contributed by atoms with van der Waals surface area (Å²) in [6, 6.07) is 7.77. The van der Waals surface area contributed by atoms with Gasteiger partial charge in [0.2, 0.25) is 0 Å². The second-order valence-corrected chi connectivity index (χ2v) is 3.96. The minimum Gasteiger partial charge on any atom is -0.481 e. The van der Waals surface area contributed by atoms with Crippen molar-refractivity contribution in [3.05, 3.63) is 28.7 Å². The number of hydrogen-bond acceptors (Lipinski definition) is 2. The molecule has 14 heavy (non-hydrogen) atoms. The summed E-state index contributed by atoms with van der Waals surface area (Å²) in [6.07, 6.45) is 0.159. The quantitative estimate of drug-likeness (QED) is 0.901. The van der Waals surface area contributed by atoms with E-state index in [2.05, 4.69) is 15.9 Å². The predicted octanol–water partition coefficient (Wildman–Crippen LogP) is 2.36. The molecule has 0 saturated carbocycles. The Morgan fingerprint density at radius 1 is 1.43 bits per heavy atom. The standard InChI is InChI=1S/C10H12BrNO2/c1-12(7-6-10(13)14)9-4-2-8(11)3-5-9/h2-5H,6-7H2,1H3,(H,13,14). The lowest BCUT2D eigenvalue weighted by Crippen LogP contribution is -2.20. The molecular weight excluding hydrogens is 246 g/mol. The number of anilines is 1. The summed E-state index contributed by atoms with van der Waals surface area (Å²) in [5.74, 6) is -0.769. The second kappa shape index (κ2) is 5.00. The number of carbonyl (C=O) groups is 1. The van der Waals surface area contributed by atoms with Crippen molar-refractivity contribution in [2.24, 2.45) is 0 Å². The fraction of sp³-hybridized carbons (Fsp3) is 0.300. The summed E-state index contributed by atoms with van der Waals surface area (Å²) in [7, 11) is 1.88. The molecule has 0 radical (unpaired) electrons. The molecule has 1 aromatic rings. The van der Waals surface area contributed by atoms with Crippen LogP contribution in [0, 0.1) is 0 Å². The van der Waals surface area contributed by atoms with Crippen molar-refractivity contribution in [3.63, 3.8) is 0 Å². The lowest BCUT2D eigenvalue weighted by Gasteiger charge is -2.17. The van der Waals surface area contributed by atoms with Crippen LogP contribution in [-0.2, 0) is 4.79 Å². The van der Waals surface area contributed by atoms with Gasteiger partial charge in [0, 0.05) is 23.8 Å². The van der Waals surface area contributed by atoms with Gasteiger partial charge in [0.1, 0.15) is 0 Å². The second-order valence-electron chi connectivity index (χ2n) is 3.04. The number of benzene rings is 1. The van der Waals surface area contributed by atoms with Crippen molar-refractivity contribution in [1.82, 2.24) is 0 Å². The summed E-state index contributed by atoms with van der Waals surface area (Å²) >= 11 is 3.34. The Morgan fingerprint density at radius 3 is 2.50 bits per heavy atom. The smallest absolute Gasteiger partial charge is 0.305 e. The maximum Gasteiger partial charge on any atom is 0.305 e. The van der Waals surface area contributed by atoms with Gasteiger partial charge in [-0.05, 0) is 24.3 Å². The van der Waals surface area contributed by atoms with Gasteiger partial charge in [-0.25, -0.2) is 0 Å². The number of nitrogens with zero attached hydrogens (tertiary/aromatic N) is 1. The zero-order valence-corrected chi connectivity index (χ0v) is 9.49. The van der Waals surface area contributed by atoms with Crippen LogP contribution in [0.3, 0.4) is 0 Å². The van der Waals surface area contributed by atoms with E-state index in [1.54, 1.807) is 0 Å². The number of halogens is 1. The van der Waals surface area contributed by atoms with Crippen LogP contribution in [0.5, 0.6) is 0 Å². The minimum absolute atomic E-state index is 0.159. The minimum atomic E-state index is -0.769. The molecule has 76 valence electrons. The number of rotatable bonds is 4. The van der Waals surface area contributed by atoms with Crippen molar-refractivity contribution in [3.8, 4) is 0 Å². The van der Waals surface area contributed by atoms with E-state index in [4.69, 9.17) is 5.11 Å². The molecule has 3 nitrogen and oxygen atoms in total. The van der Waals surface area contributed by atoms with E-state index >= 15 is 0 Å². The van der Waals surface area contributed by atoms with E-state index in [0.29, 0.717) is 6.54 Å². The molecule has 0 heterocycles. The van der Waals surface area contributed by atoms with Crippen LogP contribution in [0.15, 0.2) is 28.7 Å². The van der Waals surface area contributed by atoms with Crippen molar-refractivity contribution in [2.45, 2.75) is 6.42 Å². The van der Waals surface area contributed by atoms with Crippen LogP contribution >= 0.6 is 15.9 Å². The van der Waals surface area contributed by atoms with E-state index in [0.717, 1.165) is 10.2 Å². The summed E-state index contributed by atoms with van der Waals surface area (Å²) in [5.41, 5.74) is 1.02. The molecule has 0 aliphatic carbocycles. The summed E-state index contributed by atoms with van der Waals surface area (Å²) in [5, 5.41) is 8.52. The molecule has 0 atom stereocenters. The SMILES string of the molecule is CN(CCC(=O)O)c1ccc(Br)cc1. The Balaban J connectivity index is 2.56. The molecule has 0 spiro atoms. The van der Waals surface area contributed by atoms with Gasteiger partial charge in [0.15, 0.2) is 0 Å². The topological polar surface area (TPSA) is 40.5 Å². The lowest BCUT2D eigenvalue weighted by molar-refractivity contribution is -0.136. The van der Waals surface area contributed by atoms with Crippen molar-refractivity contribution in [2.75, 3.05) is 18.5 Å². The average Bonchev–Trinajstić information content (AvgIpc) is 2.15. The Kier molecular flexibility index (Phi) is 3.95. The van der Waals surface area contributed by atoms with Crippen LogP contribution in [-0.4, -0.2) is 24.7 Å². The van der Waals surface area contributed by atoms with Crippen molar-refractivity contribution < 1.29 is 9.90 Å². The third-order valence-corrected chi connectivity index (χ3v) is 2.46. The molecule has 4 heteroatoms. The highest BCUT2D eigenvalue weighted by molar-refractivity contribution is 9.10. The fourth-order valence-electron chi connectivity index (χ4n) is 1.09. The maximum atomic E-state index is 10.4. The number of carboxylic acids is 1. The van der Waals surface area contributed by atoms with Gasteiger partial charge < -0.3 is 10.0 Å². The zero-order chi connectivity index (χ0) is 10.6. The Labute approximate surface area is 91.5 Å². The lowest BCUT2D eigenvalue weighted by atomic mass is 10.3. The highest BCUT2D eigenvalue weighted by Crippen LogP contribution is 2.17. The molecule has 0 aromatic heterocycles. The Hall–Kier alpha value is -1.03. The van der Waals surface area contributed by atoms with Crippen LogP contribution < -0.4 is 4.90 Å². The highest BCUT2D eigenvalue weighted by Gasteiger charge is 2.03. The van der Waals surface area contributed by atoms with Gasteiger partial charge in [-0.15, -0.1) is 0 Å². The molecule has 0 fully saturated rings. The van der Waals surface area contributed by atoms with E-state index in [-0.39, 0.29) is 6.42 Å². The van der Waals surface area contributed by atoms with Gasteiger partial charge in [-0.3, -0.25) is 4.79 Å². The van der Waals surface area contributed by atoms with E-state index in [9.17, 15) is 4.79 Å². The normalized spacial score (nSPS) is 9.86. The maximum absolute atomic E-state index is 10.4. The Bertz CT molecular complexity index is 310. The van der Waals surface area contributed by atoms with E-state index in [1.165, 1.54) is 0 Å². The van der Waals surface area contributed by atoms with Crippen LogP contribution in [0.25, 0.3) is 0 Å². The molecule has 0 aliphatic heterocycles. The fourth-order valence-corrected chi connectivity index (χ4v) is 1.35. The van der Waals surface area contributed by atoms with Gasteiger partial charge in [-0.2, -0.15) is 0 Å². The first-order chi connectivity index (χ1) is 6.59. The predicted molar refractivity (Wildman–Crippen MR) is 59.7 cm³/mol. The monoisotopic (exact) mass is 257 g/mol. The third kappa shape index (κ3) is 3.38. The first-order valence-corrected chi connectivity index (χ1v) is 5.07. The largest absolute Gasteiger partial charge is 0.481 e. The third-order valence-electron chi connectivity index (χ3n) is 1.93. The number of hydrogen-bond donors (Lipinski definition) is 1. The Morgan fingerprint density at radius 2 is 2.00 bits per heavy atom. The molecule has 0 bridgehead atoms. The number of aliphatic carboxylic acids is 1. The van der Waals surface area contributed by atoms with E-state index in [1.807, 2.05) is 36.2 Å².